The largest absolute Gasteiger partial charge is 0.383 e. The summed E-state index contributed by atoms with van der Waals surface area (Å²) in [5.41, 5.74) is 1.77. The second-order valence-corrected chi connectivity index (χ2v) is 6.76. The molecule has 146 valence electrons. The van der Waals surface area contributed by atoms with Crippen LogP contribution in [0.2, 0.25) is 0 Å². The van der Waals surface area contributed by atoms with Crippen LogP contribution >= 0.6 is 0 Å². The number of hydrogen-bond donors (Lipinski definition) is 2. The minimum atomic E-state index is -0.211. The van der Waals surface area contributed by atoms with Crippen molar-refractivity contribution in [2.45, 2.75) is 32.0 Å². The Labute approximate surface area is 158 Å². The molecule has 1 fully saturated rings. The first-order chi connectivity index (χ1) is 13.1. The molecule has 3 rings (SSSR count). The van der Waals surface area contributed by atoms with E-state index in [-0.39, 0.29) is 17.9 Å². The molecule has 0 bridgehead atoms. The summed E-state index contributed by atoms with van der Waals surface area (Å²) in [4.78, 5) is 14.5. The average Bonchev–Trinajstić information content (AvgIpc) is 3.10. The van der Waals surface area contributed by atoms with Crippen molar-refractivity contribution >= 4 is 11.7 Å². The van der Waals surface area contributed by atoms with E-state index in [1.165, 1.54) is 12.1 Å². The summed E-state index contributed by atoms with van der Waals surface area (Å²) < 4.78 is 19.7. The molecule has 0 aliphatic carbocycles. The van der Waals surface area contributed by atoms with Gasteiger partial charge in [-0.2, -0.15) is 5.10 Å². The van der Waals surface area contributed by atoms with Crippen molar-refractivity contribution in [1.29, 1.82) is 0 Å². The van der Waals surface area contributed by atoms with Crippen LogP contribution in [0.5, 0.6) is 0 Å². The molecule has 0 unspecified atom stereocenters. The summed E-state index contributed by atoms with van der Waals surface area (Å²) in [6.07, 6.45) is 5.19. The topological polar surface area (TPSA) is 71.4 Å². The average molecular weight is 375 g/mol. The molecule has 2 N–H and O–H groups in total. The number of carbonyl (C=O) groups excluding carboxylic acids is 1. The molecule has 0 atom stereocenters. The minimum Gasteiger partial charge on any atom is -0.383 e. The van der Waals surface area contributed by atoms with Gasteiger partial charge in [0, 0.05) is 39.0 Å². The number of ether oxygens (including phenoxy) is 1. The number of rotatable bonds is 7. The summed E-state index contributed by atoms with van der Waals surface area (Å²) in [5, 5.41) is 10.0. The Bertz CT molecular complexity index is 726. The molecule has 1 aromatic carbocycles. The lowest BCUT2D eigenvalue weighted by Crippen LogP contribution is -2.45. The molecular formula is C19H26FN5O2. The van der Waals surface area contributed by atoms with Crippen molar-refractivity contribution in [2.24, 2.45) is 0 Å². The van der Waals surface area contributed by atoms with E-state index in [1.54, 1.807) is 24.2 Å². The van der Waals surface area contributed by atoms with Gasteiger partial charge in [-0.25, -0.2) is 9.18 Å². The number of aromatic nitrogens is 2. The Morgan fingerprint density at radius 3 is 2.74 bits per heavy atom. The minimum absolute atomic E-state index is 0.151. The summed E-state index contributed by atoms with van der Waals surface area (Å²) >= 11 is 0. The molecule has 1 aliphatic rings. The van der Waals surface area contributed by atoms with Gasteiger partial charge in [-0.15, -0.1) is 0 Å². The first-order valence-corrected chi connectivity index (χ1v) is 9.18. The van der Waals surface area contributed by atoms with Crippen LogP contribution in [0, 0.1) is 5.82 Å². The fourth-order valence-corrected chi connectivity index (χ4v) is 3.17. The van der Waals surface area contributed by atoms with Gasteiger partial charge in [0.1, 0.15) is 5.82 Å². The summed E-state index contributed by atoms with van der Waals surface area (Å²) in [7, 11) is 1.64. The van der Waals surface area contributed by atoms with Gasteiger partial charge in [-0.1, -0.05) is 12.1 Å². The fourth-order valence-electron chi connectivity index (χ4n) is 3.17. The first-order valence-electron chi connectivity index (χ1n) is 9.18. The number of piperidine rings is 1. The van der Waals surface area contributed by atoms with Crippen LogP contribution in [-0.4, -0.2) is 53.6 Å². The van der Waals surface area contributed by atoms with E-state index in [0.717, 1.165) is 38.0 Å². The van der Waals surface area contributed by atoms with Crippen LogP contribution in [0.1, 0.15) is 18.4 Å². The number of halogens is 1. The highest BCUT2D eigenvalue weighted by atomic mass is 19.1. The molecular weight excluding hydrogens is 349 g/mol. The van der Waals surface area contributed by atoms with Gasteiger partial charge >= 0.3 is 6.03 Å². The number of methoxy groups -OCH3 is 1. The van der Waals surface area contributed by atoms with E-state index in [9.17, 15) is 9.18 Å². The highest BCUT2D eigenvalue weighted by Gasteiger charge is 2.21. The molecule has 2 aromatic rings. The fraction of sp³-hybridized carbons (Fsp3) is 0.474. The number of anilines is 1. The number of nitrogens with one attached hydrogen (secondary N) is 2. The molecule has 0 spiro atoms. The number of amides is 2. The van der Waals surface area contributed by atoms with Gasteiger partial charge in [0.15, 0.2) is 0 Å². The van der Waals surface area contributed by atoms with E-state index in [4.69, 9.17) is 4.74 Å². The highest BCUT2D eigenvalue weighted by molar-refractivity contribution is 5.89. The molecule has 2 amide bonds. The van der Waals surface area contributed by atoms with Crippen LogP contribution in [0.3, 0.4) is 0 Å². The second-order valence-electron chi connectivity index (χ2n) is 6.76. The third kappa shape index (κ3) is 6.04. The van der Waals surface area contributed by atoms with Gasteiger partial charge in [0.2, 0.25) is 0 Å². The van der Waals surface area contributed by atoms with Crippen molar-refractivity contribution in [1.82, 2.24) is 20.0 Å². The lowest BCUT2D eigenvalue weighted by Gasteiger charge is -2.32. The highest BCUT2D eigenvalue weighted by Crippen LogP contribution is 2.15. The van der Waals surface area contributed by atoms with Crippen LogP contribution < -0.4 is 10.6 Å². The molecule has 1 aliphatic heterocycles. The Hall–Kier alpha value is -2.45. The lowest BCUT2D eigenvalue weighted by atomic mass is 10.0. The number of benzene rings is 1. The van der Waals surface area contributed by atoms with Crippen molar-refractivity contribution in [2.75, 3.05) is 32.1 Å². The van der Waals surface area contributed by atoms with Crippen LogP contribution in [0.4, 0.5) is 14.9 Å². The quantitative estimate of drug-likeness (QED) is 0.780. The number of hydrogen-bond acceptors (Lipinski definition) is 4. The SMILES string of the molecule is COCCn1cc(NC(=O)NC2CCN(Cc3ccc(F)cc3)CC2)cn1. The smallest absolute Gasteiger partial charge is 0.319 e. The zero-order chi connectivity index (χ0) is 19.1. The van der Waals surface area contributed by atoms with Gasteiger partial charge in [0.25, 0.3) is 0 Å². The third-order valence-corrected chi connectivity index (χ3v) is 4.66. The molecule has 27 heavy (non-hydrogen) atoms. The van der Waals surface area contributed by atoms with Gasteiger partial charge in [-0.3, -0.25) is 9.58 Å². The van der Waals surface area contributed by atoms with Crippen LogP contribution in [0.15, 0.2) is 36.7 Å². The van der Waals surface area contributed by atoms with E-state index in [0.29, 0.717) is 18.8 Å². The molecule has 0 radical (unpaired) electrons. The zero-order valence-corrected chi connectivity index (χ0v) is 15.5. The first kappa shape index (κ1) is 19.3. The number of urea groups is 1. The van der Waals surface area contributed by atoms with E-state index in [2.05, 4.69) is 20.6 Å². The normalized spacial score (nSPS) is 15.6. The van der Waals surface area contributed by atoms with Crippen molar-refractivity contribution in [3.8, 4) is 0 Å². The third-order valence-electron chi connectivity index (χ3n) is 4.66. The monoisotopic (exact) mass is 375 g/mol. The number of likely N-dealkylation sites (tertiary alicyclic amines) is 1. The molecule has 7 nitrogen and oxygen atoms in total. The van der Waals surface area contributed by atoms with E-state index < -0.39 is 0 Å². The van der Waals surface area contributed by atoms with Crippen molar-refractivity contribution in [3.05, 3.63) is 48.0 Å². The Morgan fingerprint density at radius 2 is 2.04 bits per heavy atom. The van der Waals surface area contributed by atoms with Crippen LogP contribution in [-0.2, 0) is 17.8 Å². The summed E-state index contributed by atoms with van der Waals surface area (Å²) in [6.45, 7) is 3.82. The molecule has 8 heteroatoms. The summed E-state index contributed by atoms with van der Waals surface area (Å²) in [5.74, 6) is -0.211. The maximum atomic E-state index is 13.0. The number of nitrogens with zero attached hydrogens (tertiary/aromatic N) is 3. The van der Waals surface area contributed by atoms with Crippen molar-refractivity contribution in [3.63, 3.8) is 0 Å². The predicted molar refractivity (Wildman–Crippen MR) is 101 cm³/mol. The standard InChI is InChI=1S/C19H26FN5O2/c1-27-11-10-25-14-18(12-21-25)23-19(26)22-17-6-8-24(9-7-17)13-15-2-4-16(20)5-3-15/h2-5,12,14,17H,6-11,13H2,1H3,(H2,22,23,26). The molecule has 2 heterocycles. The molecule has 1 saturated heterocycles. The van der Waals surface area contributed by atoms with Crippen LogP contribution in [0.25, 0.3) is 0 Å². The zero-order valence-electron chi connectivity index (χ0n) is 15.5. The van der Waals surface area contributed by atoms with Gasteiger partial charge in [0.05, 0.1) is 25.0 Å². The van der Waals surface area contributed by atoms with Gasteiger partial charge < -0.3 is 15.4 Å². The van der Waals surface area contributed by atoms with E-state index >= 15 is 0 Å². The van der Waals surface area contributed by atoms with Crippen molar-refractivity contribution < 1.29 is 13.9 Å². The Morgan fingerprint density at radius 1 is 1.30 bits per heavy atom. The Kier molecular flexibility index (Phi) is 6.78. The summed E-state index contributed by atoms with van der Waals surface area (Å²) in [6, 6.07) is 6.56. The lowest BCUT2D eigenvalue weighted by molar-refractivity contribution is 0.183. The van der Waals surface area contributed by atoms with E-state index in [1.807, 2.05) is 12.1 Å². The van der Waals surface area contributed by atoms with Gasteiger partial charge in [-0.05, 0) is 30.5 Å². The Balaban J connectivity index is 1.38. The maximum Gasteiger partial charge on any atom is 0.319 e. The number of carbonyl (C=O) groups is 1. The predicted octanol–water partition coefficient (Wildman–Crippen LogP) is 2.45. The molecule has 0 saturated carbocycles. The maximum absolute atomic E-state index is 13.0. The molecule has 1 aromatic heterocycles. The second kappa shape index (κ2) is 9.48.